The minimum Gasteiger partial charge on any atom is -0.342 e. The largest absolute Gasteiger partial charge is 0.342 e. The van der Waals surface area contributed by atoms with E-state index in [-0.39, 0.29) is 17.6 Å². The third-order valence-electron chi connectivity index (χ3n) is 4.32. The molecule has 2 aromatic heterocycles. The van der Waals surface area contributed by atoms with E-state index in [4.69, 9.17) is 4.52 Å². The number of carbonyl (C=O) groups excluding carboxylic acids is 1. The van der Waals surface area contributed by atoms with Gasteiger partial charge in [0.1, 0.15) is 5.82 Å². The third kappa shape index (κ3) is 3.46. The fourth-order valence-electron chi connectivity index (χ4n) is 2.97. The third-order valence-corrected chi connectivity index (χ3v) is 5.25. The van der Waals surface area contributed by atoms with E-state index in [0.717, 1.165) is 6.42 Å². The van der Waals surface area contributed by atoms with E-state index in [2.05, 4.69) is 16.2 Å². The van der Waals surface area contributed by atoms with Crippen molar-refractivity contribution in [3.8, 4) is 11.4 Å². The molecule has 0 spiro atoms. The van der Waals surface area contributed by atoms with E-state index in [1.165, 1.54) is 17.0 Å². The van der Waals surface area contributed by atoms with Gasteiger partial charge in [0.25, 0.3) is 0 Å². The molecule has 1 saturated heterocycles. The van der Waals surface area contributed by atoms with Gasteiger partial charge in [-0.15, -0.1) is 11.3 Å². The number of likely N-dealkylation sites (tertiary alicyclic amines) is 1. The van der Waals surface area contributed by atoms with Crippen LogP contribution in [0.2, 0.25) is 0 Å². The highest BCUT2D eigenvalue weighted by molar-refractivity contribution is 7.09. The van der Waals surface area contributed by atoms with Crippen molar-refractivity contribution in [1.29, 1.82) is 0 Å². The van der Waals surface area contributed by atoms with Crippen molar-refractivity contribution in [2.45, 2.75) is 18.8 Å². The van der Waals surface area contributed by atoms with Gasteiger partial charge in [-0.3, -0.25) is 4.79 Å². The van der Waals surface area contributed by atoms with Crippen LogP contribution in [-0.2, 0) is 11.2 Å². The van der Waals surface area contributed by atoms with Crippen LogP contribution in [0, 0.1) is 5.82 Å². The Hall–Kier alpha value is -2.54. The Morgan fingerprint density at radius 1 is 1.28 bits per heavy atom. The van der Waals surface area contributed by atoms with Gasteiger partial charge in [0, 0.05) is 30.0 Å². The van der Waals surface area contributed by atoms with Crippen molar-refractivity contribution in [2.24, 2.45) is 0 Å². The zero-order valence-electron chi connectivity index (χ0n) is 13.4. The van der Waals surface area contributed by atoms with Gasteiger partial charge >= 0.3 is 0 Å². The maximum absolute atomic E-state index is 13.0. The molecule has 5 nitrogen and oxygen atoms in total. The predicted octanol–water partition coefficient (Wildman–Crippen LogP) is 3.50. The molecule has 0 aliphatic carbocycles. The molecule has 1 amide bonds. The Kier molecular flexibility index (Phi) is 4.31. The summed E-state index contributed by atoms with van der Waals surface area (Å²) in [5, 5.41) is 6.00. The molecule has 1 aliphatic heterocycles. The molecule has 0 saturated carbocycles. The zero-order valence-corrected chi connectivity index (χ0v) is 14.2. The first-order valence-corrected chi connectivity index (χ1v) is 8.97. The summed E-state index contributed by atoms with van der Waals surface area (Å²) >= 11 is 1.70. The molecule has 7 heteroatoms. The molecule has 0 bridgehead atoms. The van der Waals surface area contributed by atoms with Crippen molar-refractivity contribution in [3.63, 3.8) is 0 Å². The first-order chi connectivity index (χ1) is 12.2. The van der Waals surface area contributed by atoms with Crippen molar-refractivity contribution in [3.05, 3.63) is 58.4 Å². The summed E-state index contributed by atoms with van der Waals surface area (Å²) in [6.45, 7) is 1.30. The number of hydrogen-bond acceptors (Lipinski definition) is 5. The Morgan fingerprint density at radius 2 is 2.12 bits per heavy atom. The molecular formula is C18H16FN3O2S. The van der Waals surface area contributed by atoms with Crippen molar-refractivity contribution in [1.82, 2.24) is 15.0 Å². The summed E-state index contributed by atoms with van der Waals surface area (Å²) in [5.41, 5.74) is 0.690. The maximum atomic E-state index is 13.0. The lowest BCUT2D eigenvalue weighted by Crippen LogP contribution is -2.27. The van der Waals surface area contributed by atoms with Gasteiger partial charge in [0.05, 0.1) is 5.92 Å². The van der Waals surface area contributed by atoms with E-state index in [1.54, 1.807) is 23.5 Å². The number of nitrogens with zero attached hydrogens (tertiary/aromatic N) is 3. The highest BCUT2D eigenvalue weighted by Gasteiger charge is 2.34. The van der Waals surface area contributed by atoms with Crippen LogP contribution in [0.25, 0.3) is 11.4 Å². The van der Waals surface area contributed by atoms with Crippen LogP contribution >= 0.6 is 11.3 Å². The number of amides is 1. The smallest absolute Gasteiger partial charge is 0.232 e. The molecule has 1 unspecified atom stereocenters. The fourth-order valence-corrected chi connectivity index (χ4v) is 3.67. The molecule has 3 aromatic rings. The van der Waals surface area contributed by atoms with Crippen LogP contribution in [0.1, 0.15) is 23.1 Å². The fraction of sp³-hybridized carbons (Fsp3) is 0.278. The summed E-state index contributed by atoms with van der Waals surface area (Å²) in [6, 6.07) is 10.0. The van der Waals surface area contributed by atoms with Crippen LogP contribution in [0.4, 0.5) is 4.39 Å². The zero-order chi connectivity index (χ0) is 17.2. The van der Waals surface area contributed by atoms with Gasteiger partial charge in [0.2, 0.25) is 17.6 Å². The number of aromatic nitrogens is 2. The SMILES string of the molecule is O=C1CC(c2nc(-c3ccc(F)cc3)no2)CN1CCc1cccs1. The van der Waals surface area contributed by atoms with E-state index in [9.17, 15) is 9.18 Å². The quantitative estimate of drug-likeness (QED) is 0.701. The second-order valence-corrected chi connectivity index (χ2v) is 7.07. The molecule has 0 N–H and O–H groups in total. The molecule has 128 valence electrons. The second kappa shape index (κ2) is 6.76. The van der Waals surface area contributed by atoms with Crippen molar-refractivity contribution in [2.75, 3.05) is 13.1 Å². The summed E-state index contributed by atoms with van der Waals surface area (Å²) < 4.78 is 18.4. The number of thiophene rings is 1. The van der Waals surface area contributed by atoms with Crippen LogP contribution in [-0.4, -0.2) is 34.0 Å². The summed E-state index contributed by atoms with van der Waals surface area (Å²) in [4.78, 5) is 19.7. The molecular weight excluding hydrogens is 341 g/mol. The number of rotatable bonds is 5. The number of hydrogen-bond donors (Lipinski definition) is 0. The number of benzene rings is 1. The molecule has 4 rings (SSSR count). The van der Waals surface area contributed by atoms with Gasteiger partial charge in [-0.05, 0) is 42.1 Å². The van der Waals surface area contributed by atoms with E-state index < -0.39 is 0 Å². The van der Waals surface area contributed by atoms with Gasteiger partial charge in [-0.25, -0.2) is 4.39 Å². The minimum absolute atomic E-state index is 0.0856. The minimum atomic E-state index is -0.310. The van der Waals surface area contributed by atoms with Crippen molar-refractivity contribution >= 4 is 17.2 Å². The highest BCUT2D eigenvalue weighted by Crippen LogP contribution is 2.29. The van der Waals surface area contributed by atoms with Gasteiger partial charge in [-0.2, -0.15) is 4.98 Å². The number of carbonyl (C=O) groups is 1. The van der Waals surface area contributed by atoms with Gasteiger partial charge in [0.15, 0.2) is 0 Å². The Morgan fingerprint density at radius 3 is 2.88 bits per heavy atom. The highest BCUT2D eigenvalue weighted by atomic mass is 32.1. The lowest BCUT2D eigenvalue weighted by molar-refractivity contribution is -0.127. The monoisotopic (exact) mass is 357 g/mol. The average molecular weight is 357 g/mol. The topological polar surface area (TPSA) is 59.2 Å². The van der Waals surface area contributed by atoms with Crippen LogP contribution in [0.3, 0.4) is 0 Å². The molecule has 3 heterocycles. The molecule has 25 heavy (non-hydrogen) atoms. The normalized spacial score (nSPS) is 17.4. The molecule has 0 radical (unpaired) electrons. The Bertz CT molecular complexity index is 861. The van der Waals surface area contributed by atoms with E-state index in [1.807, 2.05) is 16.3 Å². The average Bonchev–Trinajstić information content (AvgIpc) is 3.34. The Labute approximate surface area is 148 Å². The summed E-state index contributed by atoms with van der Waals surface area (Å²) in [7, 11) is 0. The lowest BCUT2D eigenvalue weighted by atomic mass is 10.1. The number of halogens is 1. The first kappa shape index (κ1) is 16.0. The van der Waals surface area contributed by atoms with E-state index >= 15 is 0 Å². The summed E-state index contributed by atoms with van der Waals surface area (Å²) in [5.74, 6) is 0.599. The summed E-state index contributed by atoms with van der Waals surface area (Å²) in [6.07, 6.45) is 1.25. The maximum Gasteiger partial charge on any atom is 0.232 e. The Balaban J connectivity index is 1.42. The van der Waals surface area contributed by atoms with Gasteiger partial charge < -0.3 is 9.42 Å². The molecule has 1 aliphatic rings. The van der Waals surface area contributed by atoms with Crippen LogP contribution < -0.4 is 0 Å². The first-order valence-electron chi connectivity index (χ1n) is 8.09. The van der Waals surface area contributed by atoms with Crippen molar-refractivity contribution < 1.29 is 13.7 Å². The van der Waals surface area contributed by atoms with E-state index in [0.29, 0.717) is 36.8 Å². The van der Waals surface area contributed by atoms with Gasteiger partial charge in [-0.1, -0.05) is 11.2 Å². The van der Waals surface area contributed by atoms with Crippen LogP contribution in [0.15, 0.2) is 46.3 Å². The lowest BCUT2D eigenvalue weighted by Gasteiger charge is -2.15. The van der Waals surface area contributed by atoms with Crippen LogP contribution in [0.5, 0.6) is 0 Å². The second-order valence-electron chi connectivity index (χ2n) is 6.03. The molecule has 1 atom stereocenters. The predicted molar refractivity (Wildman–Crippen MR) is 91.7 cm³/mol. The molecule has 1 aromatic carbocycles. The standard InChI is InChI=1S/C18H16FN3O2S/c19-14-5-3-12(4-6-14)17-20-18(24-21-17)13-10-16(23)22(11-13)8-7-15-2-1-9-25-15/h1-6,9,13H,7-8,10-11H2. The molecule has 1 fully saturated rings.